The van der Waals surface area contributed by atoms with Crippen LogP contribution in [-0.2, 0) is 4.79 Å². The molecule has 1 amide bonds. The van der Waals surface area contributed by atoms with Crippen molar-refractivity contribution in [2.75, 3.05) is 19.6 Å². The van der Waals surface area contributed by atoms with Crippen LogP contribution in [0.5, 0.6) is 0 Å². The molecule has 1 fully saturated rings. The molecule has 2 unspecified atom stereocenters. The molecule has 4 heteroatoms. The number of nitrogens with zero attached hydrogens (tertiary/aromatic N) is 1. The van der Waals surface area contributed by atoms with E-state index in [0.717, 1.165) is 32.4 Å². The van der Waals surface area contributed by atoms with E-state index in [2.05, 4.69) is 86.5 Å². The number of nitrogens with one attached hydrogen (secondary N) is 1. The Balaban J connectivity index is 1.39. The number of amides is 1. The molecule has 188 valence electrons. The highest BCUT2D eigenvalue weighted by atomic mass is 19.1. The predicted molar refractivity (Wildman–Crippen MR) is 143 cm³/mol. The number of allylic oxidation sites excluding steroid dienone is 6. The van der Waals surface area contributed by atoms with Gasteiger partial charge in [-0.25, -0.2) is 4.39 Å². The van der Waals surface area contributed by atoms with E-state index < -0.39 is 0 Å². The Labute approximate surface area is 210 Å². The van der Waals surface area contributed by atoms with E-state index in [4.69, 9.17) is 0 Å². The van der Waals surface area contributed by atoms with Crippen molar-refractivity contribution in [1.82, 2.24) is 10.2 Å². The van der Waals surface area contributed by atoms with E-state index in [1.54, 1.807) is 6.08 Å². The lowest BCUT2D eigenvalue weighted by Gasteiger charge is -2.47. The van der Waals surface area contributed by atoms with Gasteiger partial charge in [-0.05, 0) is 53.7 Å². The van der Waals surface area contributed by atoms with E-state index in [1.165, 1.54) is 16.7 Å². The molecule has 35 heavy (non-hydrogen) atoms. The molecular formula is C31H41FN2O. The molecule has 0 aromatic heterocycles. The smallest absolute Gasteiger partial charge is 0.239 e. The Morgan fingerprint density at radius 1 is 1.17 bits per heavy atom. The second-order valence-corrected chi connectivity index (χ2v) is 11.4. The maximum absolute atomic E-state index is 13.7. The van der Waals surface area contributed by atoms with Gasteiger partial charge in [0.1, 0.15) is 5.83 Å². The van der Waals surface area contributed by atoms with Gasteiger partial charge in [0.15, 0.2) is 0 Å². The number of hydrogen-bond donors (Lipinski definition) is 1. The quantitative estimate of drug-likeness (QED) is 0.474. The van der Waals surface area contributed by atoms with Crippen LogP contribution in [0.2, 0.25) is 0 Å². The molecule has 1 aromatic rings. The molecule has 0 spiro atoms. The zero-order valence-corrected chi connectivity index (χ0v) is 21.8. The summed E-state index contributed by atoms with van der Waals surface area (Å²) in [5.74, 6) is 1.17. The fourth-order valence-electron chi connectivity index (χ4n) is 5.98. The van der Waals surface area contributed by atoms with Crippen LogP contribution in [0.3, 0.4) is 0 Å². The standard InChI is InChI=1S/C31H41FN2O/c1-22(2)29(33-20-23-9-8-12-26(19-23)24-10-6-5-7-11-24)30(35)34-18-17-28(31(3,4)21-34)25-13-15-27(32)16-14-25/h5-11,13,15,19,22,26,28-29,33H,12,14,16-18,20-21H2,1-4H3/t26?,28?,29-/m1/s1. The van der Waals surface area contributed by atoms with Gasteiger partial charge in [-0.3, -0.25) is 4.79 Å². The molecule has 1 aromatic carbocycles. The van der Waals surface area contributed by atoms with Crippen molar-refractivity contribution >= 4 is 5.91 Å². The number of piperidine rings is 1. The Hall–Kier alpha value is -2.46. The summed E-state index contributed by atoms with van der Waals surface area (Å²) in [4.78, 5) is 15.7. The third kappa shape index (κ3) is 6.22. The summed E-state index contributed by atoms with van der Waals surface area (Å²) in [5.41, 5.74) is 3.89. The molecule has 0 saturated carbocycles. The van der Waals surface area contributed by atoms with Crippen LogP contribution in [0.1, 0.15) is 64.9 Å². The molecule has 3 nitrogen and oxygen atoms in total. The molecule has 3 atom stereocenters. The first kappa shape index (κ1) is 25.6. The van der Waals surface area contributed by atoms with Crippen molar-refractivity contribution in [2.45, 2.75) is 65.3 Å². The average Bonchev–Trinajstić information content (AvgIpc) is 2.85. The summed E-state index contributed by atoms with van der Waals surface area (Å²) in [6.07, 6.45) is 13.7. The molecule has 2 aliphatic carbocycles. The summed E-state index contributed by atoms with van der Waals surface area (Å²) in [7, 11) is 0. The zero-order chi connectivity index (χ0) is 25.0. The van der Waals surface area contributed by atoms with Crippen LogP contribution in [0.4, 0.5) is 4.39 Å². The van der Waals surface area contributed by atoms with E-state index in [1.807, 2.05) is 6.08 Å². The van der Waals surface area contributed by atoms with E-state index in [9.17, 15) is 9.18 Å². The molecule has 4 rings (SSSR count). The van der Waals surface area contributed by atoms with Gasteiger partial charge in [0.2, 0.25) is 5.91 Å². The number of carbonyl (C=O) groups excluding carboxylic acids is 1. The molecule has 1 N–H and O–H groups in total. The topological polar surface area (TPSA) is 32.3 Å². The third-order valence-electron chi connectivity index (χ3n) is 7.94. The summed E-state index contributed by atoms with van der Waals surface area (Å²) in [6, 6.07) is 10.4. The molecule has 1 heterocycles. The number of benzene rings is 1. The number of rotatable bonds is 7. The lowest BCUT2D eigenvalue weighted by molar-refractivity contribution is -0.138. The molecule has 1 saturated heterocycles. The fourth-order valence-corrected chi connectivity index (χ4v) is 5.98. The van der Waals surface area contributed by atoms with Gasteiger partial charge in [0, 0.05) is 32.0 Å². The van der Waals surface area contributed by atoms with Crippen molar-refractivity contribution in [3.05, 3.63) is 83.2 Å². The summed E-state index contributed by atoms with van der Waals surface area (Å²) in [5, 5.41) is 3.59. The second kappa shape index (κ2) is 11.1. The molecule has 1 aliphatic heterocycles. The zero-order valence-electron chi connectivity index (χ0n) is 21.8. The first-order valence-electron chi connectivity index (χ1n) is 13.2. The average molecular weight is 477 g/mol. The van der Waals surface area contributed by atoms with Gasteiger partial charge >= 0.3 is 0 Å². The largest absolute Gasteiger partial charge is 0.341 e. The van der Waals surface area contributed by atoms with Gasteiger partial charge < -0.3 is 10.2 Å². The Bertz CT molecular complexity index is 1020. The monoisotopic (exact) mass is 476 g/mol. The first-order chi connectivity index (χ1) is 16.7. The highest BCUT2D eigenvalue weighted by molar-refractivity contribution is 5.82. The third-order valence-corrected chi connectivity index (χ3v) is 7.94. The normalized spacial score (nSPS) is 25.1. The van der Waals surface area contributed by atoms with Crippen molar-refractivity contribution < 1.29 is 9.18 Å². The van der Waals surface area contributed by atoms with Crippen LogP contribution in [0, 0.1) is 17.3 Å². The minimum atomic E-state index is -0.209. The lowest BCUT2D eigenvalue weighted by atomic mass is 9.68. The minimum Gasteiger partial charge on any atom is -0.341 e. The van der Waals surface area contributed by atoms with Crippen LogP contribution >= 0.6 is 0 Å². The summed E-state index contributed by atoms with van der Waals surface area (Å²) in [6.45, 7) is 11.0. The van der Waals surface area contributed by atoms with E-state index in [0.29, 0.717) is 24.8 Å². The van der Waals surface area contributed by atoms with Gasteiger partial charge in [0.25, 0.3) is 0 Å². The summed E-state index contributed by atoms with van der Waals surface area (Å²) >= 11 is 0. The SMILES string of the molecule is CC(C)[C@@H](NCC1=CC(c2ccccc2)CC=C1)C(=O)N1CCC(C2=CC=C(F)CC2)C(C)(C)C1. The van der Waals surface area contributed by atoms with Gasteiger partial charge in [-0.2, -0.15) is 0 Å². The van der Waals surface area contributed by atoms with Crippen molar-refractivity contribution in [1.29, 1.82) is 0 Å². The summed E-state index contributed by atoms with van der Waals surface area (Å²) < 4.78 is 13.5. The highest BCUT2D eigenvalue weighted by Gasteiger charge is 2.41. The van der Waals surface area contributed by atoms with E-state index in [-0.39, 0.29) is 29.1 Å². The maximum Gasteiger partial charge on any atom is 0.239 e. The Morgan fingerprint density at radius 3 is 2.60 bits per heavy atom. The van der Waals surface area contributed by atoms with Gasteiger partial charge in [0.05, 0.1) is 6.04 Å². The number of likely N-dealkylation sites (tertiary alicyclic amines) is 1. The predicted octanol–water partition coefficient (Wildman–Crippen LogP) is 6.72. The van der Waals surface area contributed by atoms with Crippen LogP contribution in [0.25, 0.3) is 0 Å². The van der Waals surface area contributed by atoms with Crippen LogP contribution < -0.4 is 5.32 Å². The molecule has 0 bridgehead atoms. The van der Waals surface area contributed by atoms with Crippen molar-refractivity contribution in [3.63, 3.8) is 0 Å². The Kier molecular flexibility index (Phi) is 8.11. The molecular weight excluding hydrogens is 435 g/mol. The highest BCUT2D eigenvalue weighted by Crippen LogP contribution is 2.42. The Morgan fingerprint density at radius 2 is 1.94 bits per heavy atom. The van der Waals surface area contributed by atoms with Crippen LogP contribution in [0.15, 0.2) is 77.7 Å². The number of halogens is 1. The van der Waals surface area contributed by atoms with Crippen LogP contribution in [-0.4, -0.2) is 36.5 Å². The number of hydrogen-bond acceptors (Lipinski definition) is 2. The molecule has 3 aliphatic rings. The maximum atomic E-state index is 13.7. The minimum absolute atomic E-state index is 0.0250. The lowest BCUT2D eigenvalue weighted by Crippen LogP contribution is -2.55. The fraction of sp³-hybridized carbons (Fsp3) is 0.516. The van der Waals surface area contributed by atoms with E-state index >= 15 is 0 Å². The molecule has 0 radical (unpaired) electrons. The first-order valence-corrected chi connectivity index (χ1v) is 13.2. The van der Waals surface area contributed by atoms with Crippen molar-refractivity contribution in [3.8, 4) is 0 Å². The van der Waals surface area contributed by atoms with Crippen molar-refractivity contribution in [2.24, 2.45) is 17.3 Å². The number of carbonyl (C=O) groups is 1. The van der Waals surface area contributed by atoms with Gasteiger partial charge in [-0.1, -0.05) is 87.9 Å². The van der Waals surface area contributed by atoms with Gasteiger partial charge in [-0.15, -0.1) is 0 Å². The second-order valence-electron chi connectivity index (χ2n) is 11.4.